The van der Waals surface area contributed by atoms with Crippen LogP contribution in [0.4, 0.5) is 0 Å². The fourth-order valence-corrected chi connectivity index (χ4v) is 1.40. The van der Waals surface area contributed by atoms with Crippen LogP contribution < -0.4 is 0 Å². The maximum absolute atomic E-state index is 2.54. The van der Waals surface area contributed by atoms with Crippen molar-refractivity contribution in [3.05, 3.63) is 0 Å². The molecule has 78 valence electrons. The molecule has 2 heteroatoms. The molecule has 0 unspecified atom stereocenters. The largest absolute Gasteiger partial charge is 0.273 e. The van der Waals surface area contributed by atoms with E-state index in [0.29, 0.717) is 11.1 Å². The number of hydrogen-bond donors (Lipinski definition) is 0. The lowest BCUT2D eigenvalue weighted by Gasteiger charge is -2.55. The lowest BCUT2D eigenvalue weighted by Crippen LogP contribution is -2.67. The molecule has 0 aliphatic carbocycles. The average molecular weight is 184 g/mol. The van der Waals surface area contributed by atoms with Gasteiger partial charge in [0.15, 0.2) is 0 Å². The second-order valence-electron chi connectivity index (χ2n) is 5.70. The van der Waals surface area contributed by atoms with Gasteiger partial charge in [0, 0.05) is 11.1 Å². The quantitative estimate of drug-likeness (QED) is 0.650. The van der Waals surface area contributed by atoms with Gasteiger partial charge in [0.25, 0.3) is 0 Å². The summed E-state index contributed by atoms with van der Waals surface area (Å²) < 4.78 is 0. The van der Waals surface area contributed by atoms with Crippen LogP contribution >= 0.6 is 0 Å². The number of rotatable bonds is 2. The molecule has 0 spiro atoms. The van der Waals surface area contributed by atoms with E-state index in [-0.39, 0.29) is 0 Å². The molecule has 0 aromatic rings. The number of nitrogens with zero attached hydrogens (tertiary/aromatic N) is 2. The van der Waals surface area contributed by atoms with Gasteiger partial charge in [0.05, 0.1) is 13.3 Å². The van der Waals surface area contributed by atoms with Crippen molar-refractivity contribution >= 4 is 0 Å². The van der Waals surface area contributed by atoms with E-state index in [1.54, 1.807) is 0 Å². The summed E-state index contributed by atoms with van der Waals surface area (Å²) >= 11 is 0. The van der Waals surface area contributed by atoms with Crippen molar-refractivity contribution in [2.24, 2.45) is 0 Å². The fraction of sp³-hybridized carbons (Fsp3) is 1.00. The van der Waals surface area contributed by atoms with Crippen LogP contribution in [0.3, 0.4) is 0 Å². The third-order valence-electron chi connectivity index (χ3n) is 3.35. The second kappa shape index (κ2) is 3.25. The van der Waals surface area contributed by atoms with E-state index in [0.717, 1.165) is 13.3 Å². The van der Waals surface area contributed by atoms with Gasteiger partial charge >= 0.3 is 0 Å². The Labute approximate surface area is 82.9 Å². The van der Waals surface area contributed by atoms with Gasteiger partial charge in [-0.1, -0.05) is 6.92 Å². The topological polar surface area (TPSA) is 6.48 Å². The predicted molar refractivity (Wildman–Crippen MR) is 57.5 cm³/mol. The highest BCUT2D eigenvalue weighted by Gasteiger charge is 2.38. The monoisotopic (exact) mass is 184 g/mol. The summed E-state index contributed by atoms with van der Waals surface area (Å²) in [5.41, 5.74) is 0.710. The van der Waals surface area contributed by atoms with E-state index < -0.39 is 0 Å². The zero-order valence-electron chi connectivity index (χ0n) is 10.0. The van der Waals surface area contributed by atoms with Crippen molar-refractivity contribution in [1.82, 2.24) is 9.80 Å². The fourth-order valence-electron chi connectivity index (χ4n) is 1.40. The Balaban J connectivity index is 2.42. The normalized spacial score (nSPS) is 21.7. The Bertz CT molecular complexity index is 173. The van der Waals surface area contributed by atoms with Crippen LogP contribution in [0.25, 0.3) is 0 Å². The molecule has 1 aliphatic rings. The molecule has 1 rings (SSSR count). The zero-order valence-corrected chi connectivity index (χ0v) is 10.0. The third-order valence-corrected chi connectivity index (χ3v) is 3.35. The van der Waals surface area contributed by atoms with Crippen LogP contribution in [0.2, 0.25) is 0 Å². The summed E-state index contributed by atoms with van der Waals surface area (Å²) in [5, 5.41) is 0. The van der Waals surface area contributed by atoms with Gasteiger partial charge in [0.2, 0.25) is 0 Å². The molecule has 1 aliphatic heterocycles. The van der Waals surface area contributed by atoms with Gasteiger partial charge in [-0.25, -0.2) is 0 Å². The molecule has 0 saturated carbocycles. The van der Waals surface area contributed by atoms with E-state index in [1.807, 2.05) is 0 Å². The first-order valence-electron chi connectivity index (χ1n) is 5.27. The molecule has 0 aromatic heterocycles. The Morgan fingerprint density at radius 1 is 0.923 bits per heavy atom. The van der Waals surface area contributed by atoms with E-state index in [2.05, 4.69) is 51.3 Å². The summed E-state index contributed by atoms with van der Waals surface area (Å²) in [6.07, 6.45) is 1.23. The van der Waals surface area contributed by atoms with E-state index in [4.69, 9.17) is 0 Å². The number of hydrogen-bond acceptors (Lipinski definition) is 2. The Hall–Kier alpha value is -0.0800. The van der Waals surface area contributed by atoms with Gasteiger partial charge < -0.3 is 0 Å². The molecular formula is C11H24N2. The molecule has 1 heterocycles. The Kier molecular flexibility index (Phi) is 2.75. The minimum Gasteiger partial charge on any atom is -0.273 e. The molecule has 0 bridgehead atoms. The highest BCUT2D eigenvalue weighted by molar-refractivity contribution is 4.90. The zero-order chi connectivity index (χ0) is 10.3. The van der Waals surface area contributed by atoms with Crippen LogP contribution in [0.5, 0.6) is 0 Å². The lowest BCUT2D eigenvalue weighted by atomic mass is 9.97. The van der Waals surface area contributed by atoms with Gasteiger partial charge in [0.1, 0.15) is 0 Å². The SMILES string of the molecule is CCC(C)(C)N1CN(C(C)(C)C)C1. The summed E-state index contributed by atoms with van der Waals surface area (Å²) in [6, 6.07) is 0. The maximum atomic E-state index is 2.54. The molecule has 2 nitrogen and oxygen atoms in total. The van der Waals surface area contributed by atoms with Crippen LogP contribution in [0, 0.1) is 0 Å². The Morgan fingerprint density at radius 3 is 1.69 bits per heavy atom. The molecule has 0 radical (unpaired) electrons. The standard InChI is InChI=1S/C11H24N2/c1-7-11(5,6)13-8-12(9-13)10(2,3)4/h7-9H2,1-6H3. The minimum absolute atomic E-state index is 0.334. The van der Waals surface area contributed by atoms with Crippen LogP contribution in [-0.2, 0) is 0 Å². The molecule has 1 saturated heterocycles. The van der Waals surface area contributed by atoms with Crippen molar-refractivity contribution in [3.8, 4) is 0 Å². The van der Waals surface area contributed by atoms with Crippen LogP contribution in [0.15, 0.2) is 0 Å². The molecule has 0 atom stereocenters. The van der Waals surface area contributed by atoms with Gasteiger partial charge in [-0.15, -0.1) is 0 Å². The first-order chi connectivity index (χ1) is 5.77. The lowest BCUT2D eigenvalue weighted by molar-refractivity contribution is -0.134. The Morgan fingerprint density at radius 2 is 1.38 bits per heavy atom. The van der Waals surface area contributed by atoms with Crippen molar-refractivity contribution < 1.29 is 0 Å². The second-order valence-corrected chi connectivity index (χ2v) is 5.70. The molecule has 0 amide bonds. The first kappa shape index (κ1) is 11.0. The van der Waals surface area contributed by atoms with Crippen molar-refractivity contribution in [1.29, 1.82) is 0 Å². The van der Waals surface area contributed by atoms with Gasteiger partial charge in [-0.3, -0.25) is 9.80 Å². The van der Waals surface area contributed by atoms with E-state index in [1.165, 1.54) is 6.42 Å². The summed E-state index contributed by atoms with van der Waals surface area (Å²) in [5.74, 6) is 0. The van der Waals surface area contributed by atoms with Gasteiger partial charge in [-0.2, -0.15) is 0 Å². The average Bonchev–Trinajstić information content (AvgIpc) is 1.79. The summed E-state index contributed by atoms with van der Waals surface area (Å²) in [4.78, 5) is 5.04. The first-order valence-corrected chi connectivity index (χ1v) is 5.27. The molecule has 0 aromatic carbocycles. The highest BCUT2D eigenvalue weighted by atomic mass is 15.5. The minimum atomic E-state index is 0.334. The summed E-state index contributed by atoms with van der Waals surface area (Å²) in [7, 11) is 0. The van der Waals surface area contributed by atoms with Gasteiger partial charge in [-0.05, 0) is 41.0 Å². The van der Waals surface area contributed by atoms with Crippen molar-refractivity contribution in [2.75, 3.05) is 13.3 Å². The highest BCUT2D eigenvalue weighted by Crippen LogP contribution is 2.29. The van der Waals surface area contributed by atoms with Crippen LogP contribution in [-0.4, -0.2) is 34.2 Å². The summed E-state index contributed by atoms with van der Waals surface area (Å²) in [6.45, 7) is 16.0. The van der Waals surface area contributed by atoms with Crippen LogP contribution in [0.1, 0.15) is 48.0 Å². The molecule has 13 heavy (non-hydrogen) atoms. The molecular weight excluding hydrogens is 160 g/mol. The van der Waals surface area contributed by atoms with Crippen molar-refractivity contribution in [3.63, 3.8) is 0 Å². The molecule has 1 fully saturated rings. The maximum Gasteiger partial charge on any atom is 0.0540 e. The smallest absolute Gasteiger partial charge is 0.0540 e. The van der Waals surface area contributed by atoms with Crippen molar-refractivity contribution in [2.45, 2.75) is 59.0 Å². The van der Waals surface area contributed by atoms with E-state index in [9.17, 15) is 0 Å². The third kappa shape index (κ3) is 2.23. The molecule has 0 N–H and O–H groups in total. The van der Waals surface area contributed by atoms with E-state index >= 15 is 0 Å². The predicted octanol–water partition coefficient (Wildman–Crippen LogP) is 2.51.